The standard InChI is InChI=1S/C14H25N3O4/c1-8(2)11(16-14(20)21-5)13(19)17(10-6-7-10)9(3)12(18)15-4/h8-11H,6-7H2,1-5H3,(H,15,18)(H,16,20). The average molecular weight is 299 g/mol. The number of methoxy groups -OCH3 is 1. The van der Waals surface area contributed by atoms with Crippen LogP contribution in [-0.4, -0.2) is 55.1 Å². The molecule has 1 aliphatic carbocycles. The number of nitrogens with zero attached hydrogens (tertiary/aromatic N) is 1. The molecule has 0 aromatic heterocycles. The van der Waals surface area contributed by atoms with E-state index in [1.54, 1.807) is 18.9 Å². The Morgan fingerprint density at radius 2 is 1.76 bits per heavy atom. The number of likely N-dealkylation sites (N-methyl/N-ethyl adjacent to an activating group) is 1. The van der Waals surface area contributed by atoms with Crippen LogP contribution in [0.4, 0.5) is 4.79 Å². The molecular formula is C14H25N3O4. The highest BCUT2D eigenvalue weighted by Crippen LogP contribution is 2.30. The van der Waals surface area contributed by atoms with Gasteiger partial charge >= 0.3 is 6.09 Å². The van der Waals surface area contributed by atoms with Crippen LogP contribution in [-0.2, 0) is 14.3 Å². The van der Waals surface area contributed by atoms with Crippen LogP contribution >= 0.6 is 0 Å². The highest BCUT2D eigenvalue weighted by atomic mass is 16.5. The van der Waals surface area contributed by atoms with Gasteiger partial charge < -0.3 is 20.3 Å². The fourth-order valence-corrected chi connectivity index (χ4v) is 2.24. The summed E-state index contributed by atoms with van der Waals surface area (Å²) in [4.78, 5) is 37.6. The van der Waals surface area contributed by atoms with Gasteiger partial charge in [0.2, 0.25) is 11.8 Å². The maximum Gasteiger partial charge on any atom is 0.407 e. The monoisotopic (exact) mass is 299 g/mol. The Bertz CT molecular complexity index is 407. The number of ether oxygens (including phenoxy) is 1. The van der Waals surface area contributed by atoms with Crippen LogP contribution in [0.25, 0.3) is 0 Å². The molecule has 0 bridgehead atoms. The van der Waals surface area contributed by atoms with Crippen LogP contribution in [0.15, 0.2) is 0 Å². The summed E-state index contributed by atoms with van der Waals surface area (Å²) in [6, 6.07) is -1.19. The molecule has 2 atom stereocenters. The van der Waals surface area contributed by atoms with Gasteiger partial charge in [-0.15, -0.1) is 0 Å². The first-order valence-corrected chi connectivity index (χ1v) is 7.21. The largest absolute Gasteiger partial charge is 0.453 e. The zero-order valence-corrected chi connectivity index (χ0v) is 13.3. The molecule has 2 unspecified atom stereocenters. The number of hydrogen-bond donors (Lipinski definition) is 2. The molecule has 120 valence electrons. The van der Waals surface area contributed by atoms with Crippen molar-refractivity contribution in [1.29, 1.82) is 0 Å². The summed E-state index contributed by atoms with van der Waals surface area (Å²) in [5.41, 5.74) is 0. The van der Waals surface area contributed by atoms with Gasteiger partial charge in [0, 0.05) is 13.1 Å². The summed E-state index contributed by atoms with van der Waals surface area (Å²) in [6.45, 7) is 5.38. The van der Waals surface area contributed by atoms with Crippen molar-refractivity contribution in [2.45, 2.75) is 51.7 Å². The average Bonchev–Trinajstić information content (AvgIpc) is 3.27. The quantitative estimate of drug-likeness (QED) is 0.747. The molecule has 0 heterocycles. The molecular weight excluding hydrogens is 274 g/mol. The van der Waals surface area contributed by atoms with E-state index in [2.05, 4.69) is 15.4 Å². The zero-order valence-electron chi connectivity index (χ0n) is 13.3. The van der Waals surface area contributed by atoms with Gasteiger partial charge in [-0.25, -0.2) is 4.79 Å². The van der Waals surface area contributed by atoms with Gasteiger partial charge in [0.1, 0.15) is 12.1 Å². The summed E-state index contributed by atoms with van der Waals surface area (Å²) in [7, 11) is 2.80. The highest BCUT2D eigenvalue weighted by molar-refractivity contribution is 5.91. The molecule has 2 N–H and O–H groups in total. The van der Waals surface area contributed by atoms with E-state index in [1.807, 2.05) is 13.8 Å². The molecule has 0 aromatic carbocycles. The van der Waals surface area contributed by atoms with E-state index in [0.29, 0.717) is 0 Å². The molecule has 3 amide bonds. The number of hydrogen-bond acceptors (Lipinski definition) is 4. The summed E-state index contributed by atoms with van der Waals surface area (Å²) >= 11 is 0. The van der Waals surface area contributed by atoms with Crippen molar-refractivity contribution in [2.75, 3.05) is 14.2 Å². The molecule has 0 radical (unpaired) electrons. The van der Waals surface area contributed by atoms with Gasteiger partial charge in [-0.3, -0.25) is 9.59 Å². The van der Waals surface area contributed by atoms with Crippen LogP contribution in [0.3, 0.4) is 0 Å². The van der Waals surface area contributed by atoms with Gasteiger partial charge in [0.05, 0.1) is 7.11 Å². The molecule has 21 heavy (non-hydrogen) atoms. The number of nitrogens with one attached hydrogen (secondary N) is 2. The van der Waals surface area contributed by atoms with Crippen LogP contribution < -0.4 is 10.6 Å². The summed E-state index contributed by atoms with van der Waals surface area (Å²) < 4.78 is 4.57. The molecule has 1 fully saturated rings. The van der Waals surface area contributed by atoms with Gasteiger partial charge in [0.25, 0.3) is 0 Å². The summed E-state index contributed by atoms with van der Waals surface area (Å²) in [6.07, 6.45) is 1.12. The predicted molar refractivity (Wildman–Crippen MR) is 77.6 cm³/mol. The first kappa shape index (κ1) is 17.3. The Morgan fingerprint density at radius 1 is 1.19 bits per heavy atom. The fraction of sp³-hybridized carbons (Fsp3) is 0.786. The Hall–Kier alpha value is -1.79. The third-order valence-electron chi connectivity index (χ3n) is 3.63. The van der Waals surface area contributed by atoms with E-state index in [4.69, 9.17) is 0 Å². The normalized spacial score (nSPS) is 16.9. The molecule has 0 saturated heterocycles. The van der Waals surface area contributed by atoms with E-state index in [9.17, 15) is 14.4 Å². The van der Waals surface area contributed by atoms with Crippen molar-refractivity contribution in [1.82, 2.24) is 15.5 Å². The molecule has 0 spiro atoms. The minimum absolute atomic E-state index is 0.0745. The van der Waals surface area contributed by atoms with E-state index < -0.39 is 18.2 Å². The first-order chi connectivity index (χ1) is 9.83. The second-order valence-corrected chi connectivity index (χ2v) is 5.62. The van der Waals surface area contributed by atoms with Crippen molar-refractivity contribution >= 4 is 17.9 Å². The number of rotatable bonds is 6. The van der Waals surface area contributed by atoms with E-state index in [0.717, 1.165) is 12.8 Å². The number of carbonyl (C=O) groups is 3. The van der Waals surface area contributed by atoms with E-state index in [1.165, 1.54) is 7.11 Å². The van der Waals surface area contributed by atoms with Gasteiger partial charge in [-0.2, -0.15) is 0 Å². The van der Waals surface area contributed by atoms with Crippen LogP contribution in [0.1, 0.15) is 33.6 Å². The third kappa shape index (κ3) is 4.34. The minimum Gasteiger partial charge on any atom is -0.453 e. The lowest BCUT2D eigenvalue weighted by Crippen LogP contribution is -2.57. The smallest absolute Gasteiger partial charge is 0.407 e. The number of carbonyl (C=O) groups excluding carboxylic acids is 3. The fourth-order valence-electron chi connectivity index (χ4n) is 2.24. The Balaban J connectivity index is 2.91. The molecule has 7 heteroatoms. The second kappa shape index (κ2) is 7.28. The summed E-state index contributed by atoms with van der Waals surface area (Å²) in [5, 5.41) is 5.11. The van der Waals surface area contributed by atoms with E-state index in [-0.39, 0.29) is 23.8 Å². The third-order valence-corrected chi connectivity index (χ3v) is 3.63. The molecule has 1 rings (SSSR count). The summed E-state index contributed by atoms with van der Waals surface area (Å²) in [5.74, 6) is -0.556. The Morgan fingerprint density at radius 3 is 2.14 bits per heavy atom. The number of alkyl carbamates (subject to hydrolysis) is 1. The Labute approximate surface area is 125 Å². The van der Waals surface area contributed by atoms with Crippen LogP contribution in [0.2, 0.25) is 0 Å². The van der Waals surface area contributed by atoms with Crippen molar-refractivity contribution in [3.63, 3.8) is 0 Å². The first-order valence-electron chi connectivity index (χ1n) is 7.21. The predicted octanol–water partition coefficient (Wildman–Crippen LogP) is 0.492. The van der Waals surface area contributed by atoms with Crippen LogP contribution in [0, 0.1) is 5.92 Å². The van der Waals surface area contributed by atoms with Gasteiger partial charge in [-0.1, -0.05) is 13.8 Å². The van der Waals surface area contributed by atoms with Gasteiger partial charge in [-0.05, 0) is 25.7 Å². The van der Waals surface area contributed by atoms with Crippen molar-refractivity contribution in [3.8, 4) is 0 Å². The molecule has 7 nitrogen and oxygen atoms in total. The maximum absolute atomic E-state index is 12.8. The maximum atomic E-state index is 12.8. The molecule has 0 aromatic rings. The van der Waals surface area contributed by atoms with Gasteiger partial charge in [0.15, 0.2) is 0 Å². The topological polar surface area (TPSA) is 87.7 Å². The highest BCUT2D eigenvalue weighted by Gasteiger charge is 2.41. The molecule has 1 aliphatic rings. The Kier molecular flexibility index (Phi) is 5.99. The molecule has 0 aliphatic heterocycles. The lowest BCUT2D eigenvalue weighted by molar-refractivity contribution is -0.142. The van der Waals surface area contributed by atoms with Crippen molar-refractivity contribution < 1.29 is 19.1 Å². The SMILES string of the molecule is CNC(=O)C(C)N(C(=O)C(NC(=O)OC)C(C)C)C1CC1. The molecule has 1 saturated carbocycles. The van der Waals surface area contributed by atoms with Crippen molar-refractivity contribution in [3.05, 3.63) is 0 Å². The minimum atomic E-state index is -0.704. The van der Waals surface area contributed by atoms with Crippen LogP contribution in [0.5, 0.6) is 0 Å². The van der Waals surface area contributed by atoms with E-state index >= 15 is 0 Å². The lowest BCUT2D eigenvalue weighted by Gasteiger charge is -2.33. The van der Waals surface area contributed by atoms with Crippen molar-refractivity contribution in [2.24, 2.45) is 5.92 Å². The zero-order chi connectivity index (χ0) is 16.2. The number of amides is 3. The lowest BCUT2D eigenvalue weighted by atomic mass is 10.0. The second-order valence-electron chi connectivity index (χ2n) is 5.62.